The van der Waals surface area contributed by atoms with E-state index in [1.54, 1.807) is 45.3 Å². The minimum atomic E-state index is -0.702. The van der Waals surface area contributed by atoms with Gasteiger partial charge >= 0.3 is 0 Å². The summed E-state index contributed by atoms with van der Waals surface area (Å²) in [5.74, 6) is 0.571. The zero-order valence-corrected chi connectivity index (χ0v) is 12.7. The van der Waals surface area contributed by atoms with Crippen molar-refractivity contribution in [1.29, 1.82) is 0 Å². The van der Waals surface area contributed by atoms with Crippen molar-refractivity contribution < 1.29 is 14.6 Å². The van der Waals surface area contributed by atoms with Crippen LogP contribution in [0.15, 0.2) is 24.3 Å². The fourth-order valence-electron chi connectivity index (χ4n) is 1.60. The molecule has 1 rings (SSSR count). The molecule has 1 aromatic carbocycles. The van der Waals surface area contributed by atoms with E-state index < -0.39 is 6.10 Å². The number of amides is 1. The van der Waals surface area contributed by atoms with E-state index in [2.05, 4.69) is 5.32 Å². The van der Waals surface area contributed by atoms with Crippen molar-refractivity contribution in [2.24, 2.45) is 0 Å². The summed E-state index contributed by atoms with van der Waals surface area (Å²) in [7, 11) is 3.39. The summed E-state index contributed by atoms with van der Waals surface area (Å²) in [5.41, 5.74) is 0. The van der Waals surface area contributed by atoms with Crippen LogP contribution < -0.4 is 10.1 Å². The summed E-state index contributed by atoms with van der Waals surface area (Å²) < 4.78 is 5.42. The molecule has 0 saturated heterocycles. The molecule has 0 aliphatic rings. The Morgan fingerprint density at radius 3 is 2.80 bits per heavy atom. The normalized spacial score (nSPS) is 13.7. The topological polar surface area (TPSA) is 61.8 Å². The Hall–Kier alpha value is -1.30. The number of rotatable bonds is 7. The smallest absolute Gasteiger partial charge is 0.238 e. The molecular weight excluding hydrogens is 280 g/mol. The minimum Gasteiger partial charge on any atom is -0.491 e. The van der Waals surface area contributed by atoms with Crippen LogP contribution >= 0.6 is 11.6 Å². The van der Waals surface area contributed by atoms with Gasteiger partial charge in [0.15, 0.2) is 0 Å². The van der Waals surface area contributed by atoms with Crippen LogP contribution in [0.2, 0.25) is 5.02 Å². The highest BCUT2D eigenvalue weighted by molar-refractivity contribution is 6.30. The molecule has 2 unspecified atom stereocenters. The lowest BCUT2D eigenvalue weighted by molar-refractivity contribution is -0.130. The van der Waals surface area contributed by atoms with Crippen LogP contribution in [-0.4, -0.2) is 55.3 Å². The average Bonchev–Trinajstić information content (AvgIpc) is 2.41. The van der Waals surface area contributed by atoms with E-state index in [1.807, 2.05) is 0 Å². The van der Waals surface area contributed by atoms with Crippen LogP contribution in [0.1, 0.15) is 6.92 Å². The first-order valence-electron chi connectivity index (χ1n) is 6.41. The number of aliphatic hydroxyl groups excluding tert-OH is 1. The van der Waals surface area contributed by atoms with Gasteiger partial charge in [0.1, 0.15) is 18.5 Å². The van der Waals surface area contributed by atoms with E-state index >= 15 is 0 Å². The zero-order chi connectivity index (χ0) is 15.1. The van der Waals surface area contributed by atoms with E-state index in [4.69, 9.17) is 16.3 Å². The van der Waals surface area contributed by atoms with Crippen LogP contribution in [-0.2, 0) is 4.79 Å². The first-order chi connectivity index (χ1) is 9.40. The van der Waals surface area contributed by atoms with Crippen LogP contribution in [0.25, 0.3) is 0 Å². The maximum atomic E-state index is 11.6. The van der Waals surface area contributed by atoms with Crippen LogP contribution in [0, 0.1) is 0 Å². The van der Waals surface area contributed by atoms with E-state index in [0.717, 1.165) is 0 Å². The predicted molar refractivity (Wildman–Crippen MR) is 79.1 cm³/mol. The molecule has 0 saturated carbocycles. The predicted octanol–water partition coefficient (Wildman–Crippen LogP) is 1.15. The second kappa shape index (κ2) is 8.09. The monoisotopic (exact) mass is 300 g/mol. The summed E-state index contributed by atoms with van der Waals surface area (Å²) in [6.45, 7) is 2.17. The largest absolute Gasteiger partial charge is 0.491 e. The lowest BCUT2D eigenvalue weighted by atomic mass is 10.2. The summed E-state index contributed by atoms with van der Waals surface area (Å²) in [6.07, 6.45) is -0.702. The molecule has 5 nitrogen and oxygen atoms in total. The van der Waals surface area contributed by atoms with Crippen molar-refractivity contribution in [3.8, 4) is 5.75 Å². The van der Waals surface area contributed by atoms with Gasteiger partial charge in [-0.25, -0.2) is 0 Å². The number of aliphatic hydroxyl groups is 1. The van der Waals surface area contributed by atoms with Gasteiger partial charge in [-0.3, -0.25) is 4.79 Å². The number of nitrogens with one attached hydrogen (secondary N) is 1. The Morgan fingerprint density at radius 2 is 2.20 bits per heavy atom. The molecular formula is C14H21ClN2O3. The third-order valence-corrected chi connectivity index (χ3v) is 2.94. The highest BCUT2D eigenvalue weighted by Crippen LogP contribution is 2.17. The average molecular weight is 301 g/mol. The summed E-state index contributed by atoms with van der Waals surface area (Å²) in [6, 6.07) is 6.64. The van der Waals surface area contributed by atoms with Crippen molar-refractivity contribution in [1.82, 2.24) is 10.2 Å². The van der Waals surface area contributed by atoms with Gasteiger partial charge in [-0.05, 0) is 25.1 Å². The highest BCUT2D eigenvalue weighted by atomic mass is 35.5. The Balaban J connectivity index is 2.30. The second-order valence-corrected chi connectivity index (χ2v) is 5.22. The lowest BCUT2D eigenvalue weighted by Gasteiger charge is -2.20. The highest BCUT2D eigenvalue weighted by Gasteiger charge is 2.15. The summed E-state index contributed by atoms with van der Waals surface area (Å²) in [4.78, 5) is 13.1. The van der Waals surface area contributed by atoms with Crippen LogP contribution in [0.3, 0.4) is 0 Å². The molecule has 2 atom stereocenters. The fourth-order valence-corrected chi connectivity index (χ4v) is 1.78. The maximum Gasteiger partial charge on any atom is 0.238 e. The summed E-state index contributed by atoms with van der Waals surface area (Å²) in [5, 5.41) is 13.4. The van der Waals surface area contributed by atoms with Gasteiger partial charge in [-0.2, -0.15) is 0 Å². The molecule has 6 heteroatoms. The fraction of sp³-hybridized carbons (Fsp3) is 0.500. The van der Waals surface area contributed by atoms with Crippen molar-refractivity contribution >= 4 is 17.5 Å². The van der Waals surface area contributed by atoms with E-state index in [9.17, 15) is 9.90 Å². The third-order valence-electron chi connectivity index (χ3n) is 2.71. The Labute approximate surface area is 124 Å². The molecule has 0 spiro atoms. The number of carbonyl (C=O) groups excluding carboxylic acids is 1. The number of halogens is 1. The molecule has 0 aliphatic heterocycles. The van der Waals surface area contributed by atoms with Gasteiger partial charge < -0.3 is 20.1 Å². The van der Waals surface area contributed by atoms with E-state index in [1.165, 1.54) is 4.90 Å². The zero-order valence-electron chi connectivity index (χ0n) is 12.0. The van der Waals surface area contributed by atoms with Crippen LogP contribution in [0.4, 0.5) is 0 Å². The van der Waals surface area contributed by atoms with Gasteiger partial charge in [0, 0.05) is 25.7 Å². The molecule has 0 radical (unpaired) electrons. The third kappa shape index (κ3) is 5.77. The molecule has 20 heavy (non-hydrogen) atoms. The quantitative estimate of drug-likeness (QED) is 0.793. The van der Waals surface area contributed by atoms with Gasteiger partial charge in [-0.15, -0.1) is 0 Å². The number of nitrogens with zero attached hydrogens (tertiary/aromatic N) is 1. The van der Waals surface area contributed by atoms with Crippen LogP contribution in [0.5, 0.6) is 5.75 Å². The van der Waals surface area contributed by atoms with Crippen molar-refractivity contribution in [3.63, 3.8) is 0 Å². The van der Waals surface area contributed by atoms with E-state index in [0.29, 0.717) is 10.8 Å². The van der Waals surface area contributed by atoms with Crippen molar-refractivity contribution in [2.75, 3.05) is 27.2 Å². The SMILES string of the molecule is CC(NCC(O)COc1cccc(Cl)c1)C(=O)N(C)C. The molecule has 0 aromatic heterocycles. The van der Waals surface area contributed by atoms with Gasteiger partial charge in [0.25, 0.3) is 0 Å². The van der Waals surface area contributed by atoms with Gasteiger partial charge in [-0.1, -0.05) is 17.7 Å². The minimum absolute atomic E-state index is 0.0343. The molecule has 0 aliphatic carbocycles. The number of hydrogen-bond donors (Lipinski definition) is 2. The first kappa shape index (κ1) is 16.8. The molecule has 0 heterocycles. The van der Waals surface area contributed by atoms with Crippen molar-refractivity contribution in [3.05, 3.63) is 29.3 Å². The summed E-state index contributed by atoms with van der Waals surface area (Å²) >= 11 is 5.83. The standard InChI is InChI=1S/C14H21ClN2O3/c1-10(14(19)17(2)3)16-8-12(18)9-20-13-6-4-5-11(15)7-13/h4-7,10,12,16,18H,8-9H2,1-3H3. The first-order valence-corrected chi connectivity index (χ1v) is 6.79. The number of ether oxygens (including phenoxy) is 1. The Bertz CT molecular complexity index is 440. The molecule has 1 amide bonds. The molecule has 2 N–H and O–H groups in total. The lowest BCUT2D eigenvalue weighted by Crippen LogP contribution is -2.45. The second-order valence-electron chi connectivity index (χ2n) is 4.78. The number of hydrogen-bond acceptors (Lipinski definition) is 4. The van der Waals surface area contributed by atoms with E-state index in [-0.39, 0.29) is 25.1 Å². The van der Waals surface area contributed by atoms with Gasteiger partial charge in [0.05, 0.1) is 6.04 Å². The molecule has 0 fully saturated rings. The maximum absolute atomic E-state index is 11.6. The number of carbonyl (C=O) groups is 1. The molecule has 1 aromatic rings. The Morgan fingerprint density at radius 1 is 1.50 bits per heavy atom. The molecule has 0 bridgehead atoms. The number of benzene rings is 1. The van der Waals surface area contributed by atoms with Gasteiger partial charge in [0.2, 0.25) is 5.91 Å². The Kier molecular flexibility index (Phi) is 6.78. The molecule has 112 valence electrons. The number of likely N-dealkylation sites (N-methyl/N-ethyl adjacent to an activating group) is 1. The van der Waals surface area contributed by atoms with Crippen molar-refractivity contribution in [2.45, 2.75) is 19.1 Å².